The first-order valence-electron chi connectivity index (χ1n) is 11.7. The maximum atomic E-state index is 14.0. The molecule has 35 heavy (non-hydrogen) atoms. The van der Waals surface area contributed by atoms with Crippen molar-refractivity contribution in [2.45, 2.75) is 57.9 Å². The van der Waals surface area contributed by atoms with Crippen LogP contribution in [0.1, 0.15) is 39.3 Å². The maximum Gasteiger partial charge on any atom is 0.172 e. The van der Waals surface area contributed by atoms with Gasteiger partial charge in [-0.1, -0.05) is 0 Å². The molecule has 0 aliphatic carbocycles. The molecule has 0 spiro atoms. The predicted molar refractivity (Wildman–Crippen MR) is 129 cm³/mol. The Labute approximate surface area is 202 Å². The van der Waals surface area contributed by atoms with Crippen LogP contribution in [0.5, 0.6) is 5.75 Å². The Bertz CT molecular complexity index is 1180. The van der Waals surface area contributed by atoms with Gasteiger partial charge in [-0.3, -0.25) is 4.98 Å². The van der Waals surface area contributed by atoms with E-state index in [0.717, 1.165) is 6.07 Å². The number of ether oxygens (including phenoxy) is 1. The van der Waals surface area contributed by atoms with Crippen molar-refractivity contribution < 1.29 is 23.0 Å². The molecule has 1 saturated heterocycles. The van der Waals surface area contributed by atoms with Gasteiger partial charge in [-0.25, -0.2) is 23.1 Å². The first-order chi connectivity index (χ1) is 16.6. The number of pyridine rings is 1. The van der Waals surface area contributed by atoms with Crippen LogP contribution in [0, 0.1) is 11.6 Å². The van der Waals surface area contributed by atoms with Crippen molar-refractivity contribution in [3.05, 3.63) is 47.8 Å². The highest BCUT2D eigenvalue weighted by molar-refractivity contribution is 5.80. The zero-order chi connectivity index (χ0) is 25.2. The topological polar surface area (TPSA) is 83.4 Å². The Balaban J connectivity index is 1.53. The molecule has 3 aromatic rings. The molecule has 1 aromatic carbocycles. The quantitative estimate of drug-likeness (QED) is 0.484. The summed E-state index contributed by atoms with van der Waals surface area (Å²) in [6.07, 6.45) is 1.87. The molecule has 1 unspecified atom stereocenters. The van der Waals surface area contributed by atoms with Crippen LogP contribution in [0.25, 0.3) is 11.0 Å². The third kappa shape index (κ3) is 6.50. The minimum atomic E-state index is -1.08. The van der Waals surface area contributed by atoms with Gasteiger partial charge in [0.05, 0.1) is 17.3 Å². The highest BCUT2D eigenvalue weighted by Crippen LogP contribution is 2.30. The van der Waals surface area contributed by atoms with Gasteiger partial charge in [0.25, 0.3) is 0 Å². The summed E-state index contributed by atoms with van der Waals surface area (Å²) in [6, 6.07) is 5.06. The van der Waals surface area contributed by atoms with Gasteiger partial charge in [0.1, 0.15) is 23.6 Å². The van der Waals surface area contributed by atoms with Gasteiger partial charge in [0, 0.05) is 50.7 Å². The molecule has 2 N–H and O–H groups in total. The largest absolute Gasteiger partial charge is 0.487 e. The minimum Gasteiger partial charge on any atom is -0.487 e. The van der Waals surface area contributed by atoms with Crippen LogP contribution in [0.15, 0.2) is 30.5 Å². The third-order valence-corrected chi connectivity index (χ3v) is 5.68. The number of hydrogen-bond acceptors (Lipinski definition) is 7. The fraction of sp³-hybridized carbons (Fsp3) is 0.480. The molecule has 1 fully saturated rings. The number of halogens is 3. The first-order valence-corrected chi connectivity index (χ1v) is 11.7. The monoisotopic (exact) mass is 489 g/mol. The standard InChI is InChI=1S/C25H30F3N5O2/c1-15(26)13-30-23-24(32-21-14-29-17(11-20(21)31-23)12-25(2,3)34)33-8-6-18(7-9-33)35-22-5-4-16(27)10-19(22)28/h4-5,10-11,14-15,18,34H,6-9,12-13H2,1-3H3,(H,30,31). The number of alkyl halides is 1. The molecule has 0 radical (unpaired) electrons. The average molecular weight is 490 g/mol. The number of aromatic nitrogens is 3. The van der Waals surface area contributed by atoms with Gasteiger partial charge in [0.2, 0.25) is 0 Å². The summed E-state index contributed by atoms with van der Waals surface area (Å²) < 4.78 is 46.5. The molecular formula is C25H30F3N5O2. The molecule has 7 nitrogen and oxygen atoms in total. The number of nitrogens with one attached hydrogen (secondary N) is 1. The summed E-state index contributed by atoms with van der Waals surface area (Å²) in [7, 11) is 0. The summed E-state index contributed by atoms with van der Waals surface area (Å²) >= 11 is 0. The lowest BCUT2D eigenvalue weighted by Crippen LogP contribution is -2.39. The van der Waals surface area contributed by atoms with Crippen molar-refractivity contribution in [3.63, 3.8) is 0 Å². The number of benzene rings is 1. The van der Waals surface area contributed by atoms with E-state index >= 15 is 0 Å². The van der Waals surface area contributed by atoms with E-state index in [2.05, 4.69) is 10.3 Å². The summed E-state index contributed by atoms with van der Waals surface area (Å²) in [5, 5.41) is 13.2. The Morgan fingerprint density at radius 1 is 1.17 bits per heavy atom. The number of piperidine rings is 1. The van der Waals surface area contributed by atoms with E-state index in [-0.39, 0.29) is 18.4 Å². The second-order valence-corrected chi connectivity index (χ2v) is 9.59. The summed E-state index contributed by atoms with van der Waals surface area (Å²) in [4.78, 5) is 15.9. The van der Waals surface area contributed by atoms with Gasteiger partial charge in [-0.2, -0.15) is 0 Å². The minimum absolute atomic E-state index is 0.0302. The number of aliphatic hydroxyl groups is 1. The van der Waals surface area contributed by atoms with Gasteiger partial charge < -0.3 is 20.1 Å². The van der Waals surface area contributed by atoms with Gasteiger partial charge >= 0.3 is 0 Å². The Morgan fingerprint density at radius 3 is 2.57 bits per heavy atom. The summed E-state index contributed by atoms with van der Waals surface area (Å²) in [5.41, 5.74) is 0.956. The van der Waals surface area contributed by atoms with E-state index in [1.165, 1.54) is 19.1 Å². The molecule has 10 heteroatoms. The van der Waals surface area contributed by atoms with Crippen LogP contribution in [0.3, 0.4) is 0 Å². The number of anilines is 2. The highest BCUT2D eigenvalue weighted by atomic mass is 19.1. The number of fused-ring (bicyclic) bond motifs is 1. The number of nitrogens with zero attached hydrogens (tertiary/aromatic N) is 4. The molecule has 3 heterocycles. The molecule has 1 aliphatic heterocycles. The highest BCUT2D eigenvalue weighted by Gasteiger charge is 2.26. The lowest BCUT2D eigenvalue weighted by Gasteiger charge is -2.33. The lowest BCUT2D eigenvalue weighted by molar-refractivity contribution is 0.0800. The normalized spacial score (nSPS) is 15.9. The zero-order valence-corrected chi connectivity index (χ0v) is 20.1. The Kier molecular flexibility index (Phi) is 7.30. The predicted octanol–water partition coefficient (Wildman–Crippen LogP) is 4.43. The fourth-order valence-corrected chi connectivity index (χ4v) is 4.04. The lowest BCUT2D eigenvalue weighted by atomic mass is 10.0. The van der Waals surface area contributed by atoms with E-state index in [1.807, 2.05) is 4.90 Å². The smallest absolute Gasteiger partial charge is 0.172 e. The van der Waals surface area contributed by atoms with Crippen molar-refractivity contribution in [2.75, 3.05) is 29.9 Å². The van der Waals surface area contributed by atoms with Gasteiger partial charge in [-0.15, -0.1) is 0 Å². The van der Waals surface area contributed by atoms with Crippen LogP contribution >= 0.6 is 0 Å². The van der Waals surface area contributed by atoms with E-state index in [0.29, 0.717) is 60.7 Å². The molecule has 0 amide bonds. The SMILES string of the molecule is CC(F)CNc1nc2cc(CC(C)(C)O)ncc2nc1N1CCC(Oc2ccc(F)cc2F)CC1. The Morgan fingerprint density at radius 2 is 1.91 bits per heavy atom. The van der Waals surface area contributed by atoms with Gasteiger partial charge in [-0.05, 0) is 39.0 Å². The second-order valence-electron chi connectivity index (χ2n) is 9.59. The van der Waals surface area contributed by atoms with Crippen molar-refractivity contribution in [1.29, 1.82) is 0 Å². The van der Waals surface area contributed by atoms with Crippen molar-refractivity contribution >= 4 is 22.7 Å². The molecule has 0 saturated carbocycles. The third-order valence-electron chi connectivity index (χ3n) is 5.68. The van der Waals surface area contributed by atoms with Crippen molar-refractivity contribution in [2.24, 2.45) is 0 Å². The fourth-order valence-electron chi connectivity index (χ4n) is 4.04. The molecular weight excluding hydrogens is 459 g/mol. The number of rotatable bonds is 8. The second kappa shape index (κ2) is 10.2. The van der Waals surface area contributed by atoms with E-state index in [1.54, 1.807) is 26.1 Å². The molecule has 1 atom stereocenters. The van der Waals surface area contributed by atoms with Crippen molar-refractivity contribution in [3.8, 4) is 5.75 Å². The zero-order valence-electron chi connectivity index (χ0n) is 20.1. The van der Waals surface area contributed by atoms with Crippen LogP contribution in [-0.2, 0) is 6.42 Å². The first kappa shape index (κ1) is 25.0. The molecule has 1 aliphatic rings. The van der Waals surface area contributed by atoms with Crippen LogP contribution < -0.4 is 15.0 Å². The average Bonchev–Trinajstić information content (AvgIpc) is 2.78. The van der Waals surface area contributed by atoms with Crippen LogP contribution in [0.2, 0.25) is 0 Å². The molecule has 2 aromatic heterocycles. The summed E-state index contributed by atoms with van der Waals surface area (Å²) in [6.45, 7) is 6.10. The Hall–Kier alpha value is -3.14. The maximum absolute atomic E-state index is 14.0. The number of hydrogen-bond donors (Lipinski definition) is 2. The van der Waals surface area contributed by atoms with E-state index in [4.69, 9.17) is 14.7 Å². The van der Waals surface area contributed by atoms with E-state index < -0.39 is 23.4 Å². The molecule has 0 bridgehead atoms. The van der Waals surface area contributed by atoms with Crippen LogP contribution in [-0.4, -0.2) is 57.6 Å². The molecule has 4 rings (SSSR count). The van der Waals surface area contributed by atoms with Crippen LogP contribution in [0.4, 0.5) is 24.8 Å². The van der Waals surface area contributed by atoms with E-state index in [9.17, 15) is 18.3 Å². The summed E-state index contributed by atoms with van der Waals surface area (Å²) in [5.74, 6) is -0.296. The van der Waals surface area contributed by atoms with Gasteiger partial charge in [0.15, 0.2) is 23.2 Å². The molecule has 188 valence electrons. The van der Waals surface area contributed by atoms with Crippen molar-refractivity contribution in [1.82, 2.24) is 15.0 Å².